The largest absolute Gasteiger partial charge is 0.493 e. The normalized spacial score (nSPS) is 42.5. The molecule has 5 rings (SSSR count). The number of ether oxygens (including phenoxy) is 2. The second-order valence-corrected chi connectivity index (χ2v) is 7.04. The molecule has 2 bridgehead atoms. The Morgan fingerprint density at radius 3 is 3.18 bits per heavy atom. The molecule has 116 valence electrons. The summed E-state index contributed by atoms with van der Waals surface area (Å²) in [6.07, 6.45) is 2.25. The number of likely N-dealkylation sites (tertiary alicyclic amines) is 1. The van der Waals surface area contributed by atoms with Gasteiger partial charge in [0.1, 0.15) is 0 Å². The first kappa shape index (κ1) is 11.9. The molecule has 1 saturated carbocycles. The Bertz CT molecular complexity index is 735. The van der Waals surface area contributed by atoms with E-state index in [4.69, 9.17) is 9.47 Å². The molecule has 4 atom stereocenters. The smallest absolute Gasteiger partial charge is 0.174 e. The van der Waals surface area contributed by atoms with Crippen LogP contribution in [0.5, 0.6) is 11.5 Å². The van der Waals surface area contributed by atoms with Crippen molar-refractivity contribution < 1.29 is 15.6 Å². The second kappa shape index (κ2) is 4.05. The Morgan fingerprint density at radius 1 is 1.50 bits per heavy atom. The van der Waals surface area contributed by atoms with Crippen molar-refractivity contribution in [3.63, 3.8) is 0 Å². The average molecular weight is 300 g/mol. The van der Waals surface area contributed by atoms with Crippen LogP contribution >= 0.6 is 0 Å². The maximum Gasteiger partial charge on any atom is 0.174 e. The predicted octanol–water partition coefficient (Wildman–Crippen LogP) is 1.93. The number of nitrogens with zero attached hydrogens (tertiary/aromatic N) is 1. The van der Waals surface area contributed by atoms with E-state index in [-0.39, 0.29) is 11.8 Å². The second-order valence-electron chi connectivity index (χ2n) is 7.04. The zero-order chi connectivity index (χ0) is 16.0. The Hall–Kier alpha value is -1.55. The highest BCUT2D eigenvalue weighted by Gasteiger charge is 2.65. The zero-order valence-electron chi connectivity index (χ0n) is 14.0. The standard InChI is InChI=1S/C18H21NO3/c1-19-8-7-18-11-4-5-13(20)17(18)22-16-14(21-2)6-3-10(15(16)18)9-12(11)19/h3,6,11-12,17H,4-5,7-9H2,1-2H3/t11-,12+,17?,18-/m0/s1/i11D. The summed E-state index contributed by atoms with van der Waals surface area (Å²) in [6.45, 7) is 0.911. The van der Waals surface area contributed by atoms with Gasteiger partial charge in [0.05, 0.1) is 7.11 Å². The van der Waals surface area contributed by atoms with E-state index >= 15 is 0 Å². The van der Waals surface area contributed by atoms with Gasteiger partial charge in [-0.25, -0.2) is 0 Å². The molecule has 2 heterocycles. The fraction of sp³-hybridized carbons (Fsp3) is 0.611. The first-order valence-electron chi connectivity index (χ1n) is 8.63. The lowest BCUT2D eigenvalue weighted by Crippen LogP contribution is -2.65. The molecule has 0 radical (unpaired) electrons. The number of piperidine rings is 1. The van der Waals surface area contributed by atoms with Gasteiger partial charge in [0.2, 0.25) is 0 Å². The quantitative estimate of drug-likeness (QED) is 0.794. The Morgan fingerprint density at radius 2 is 2.36 bits per heavy atom. The molecule has 0 aromatic heterocycles. The minimum absolute atomic E-state index is 0.155. The van der Waals surface area contributed by atoms with Crippen LogP contribution in [0.4, 0.5) is 0 Å². The van der Waals surface area contributed by atoms with Crippen LogP contribution < -0.4 is 9.47 Å². The monoisotopic (exact) mass is 300 g/mol. The van der Waals surface area contributed by atoms with Gasteiger partial charge >= 0.3 is 0 Å². The predicted molar refractivity (Wildman–Crippen MR) is 81.6 cm³/mol. The molecule has 4 aliphatic rings. The van der Waals surface area contributed by atoms with E-state index in [0.29, 0.717) is 18.6 Å². The fourth-order valence-corrected chi connectivity index (χ4v) is 5.31. The zero-order valence-corrected chi connectivity index (χ0v) is 13.0. The highest BCUT2D eigenvalue weighted by Crippen LogP contribution is 2.62. The van der Waals surface area contributed by atoms with E-state index in [1.807, 2.05) is 6.07 Å². The van der Waals surface area contributed by atoms with Crippen LogP contribution in [0.15, 0.2) is 12.1 Å². The summed E-state index contributed by atoms with van der Waals surface area (Å²) in [5.74, 6) is 0.927. The molecule has 2 aliphatic carbocycles. The van der Waals surface area contributed by atoms with E-state index in [9.17, 15) is 6.17 Å². The van der Waals surface area contributed by atoms with Gasteiger partial charge in [-0.05, 0) is 50.4 Å². The van der Waals surface area contributed by atoms with Gasteiger partial charge in [-0.3, -0.25) is 4.79 Å². The third-order valence-electron chi connectivity index (χ3n) is 6.27. The summed E-state index contributed by atoms with van der Waals surface area (Å²) >= 11 is 0. The third kappa shape index (κ3) is 1.27. The molecule has 4 nitrogen and oxygen atoms in total. The summed E-state index contributed by atoms with van der Waals surface area (Å²) in [5.41, 5.74) is 1.85. The SMILES string of the molecule is [2H][C@@]12CCC(=O)C3Oc4c(OC)ccc5c4[C@@]31CCN(C)[C@@H]2C5. The molecule has 1 unspecified atom stereocenters. The van der Waals surface area contributed by atoms with Crippen molar-refractivity contribution in [2.45, 2.75) is 43.2 Å². The number of carbonyl (C=O) groups excluding carboxylic acids is 1. The van der Waals surface area contributed by atoms with Crippen LogP contribution in [0.25, 0.3) is 0 Å². The molecule has 1 aromatic rings. The van der Waals surface area contributed by atoms with Gasteiger partial charge in [0.25, 0.3) is 0 Å². The van der Waals surface area contributed by atoms with E-state index in [1.54, 1.807) is 7.11 Å². The molecule has 1 saturated heterocycles. The number of likely N-dealkylation sites (N-methyl/N-ethyl adjacent to an activating group) is 1. The third-order valence-corrected chi connectivity index (χ3v) is 6.27. The Labute approximate surface area is 131 Å². The van der Waals surface area contributed by atoms with Gasteiger partial charge in [-0.2, -0.15) is 0 Å². The Balaban J connectivity index is 1.86. The van der Waals surface area contributed by atoms with Crippen LogP contribution in [-0.2, 0) is 16.6 Å². The van der Waals surface area contributed by atoms with Crippen LogP contribution in [0, 0.1) is 5.89 Å². The number of Topliss-reactive ketones (excluding diaryl/α,β-unsaturated/α-hetero) is 1. The van der Waals surface area contributed by atoms with Crippen molar-refractivity contribution in [2.24, 2.45) is 5.89 Å². The van der Waals surface area contributed by atoms with E-state index < -0.39 is 17.4 Å². The molecule has 0 amide bonds. The number of hydrogen-bond acceptors (Lipinski definition) is 4. The first-order chi connectivity index (χ1) is 11.0. The van der Waals surface area contributed by atoms with Crippen LogP contribution in [0.3, 0.4) is 0 Å². The highest BCUT2D eigenvalue weighted by molar-refractivity contribution is 5.89. The van der Waals surface area contributed by atoms with Crippen molar-refractivity contribution in [3.8, 4) is 11.5 Å². The highest BCUT2D eigenvalue weighted by atomic mass is 16.5. The number of benzene rings is 1. The molecule has 1 aromatic carbocycles. The van der Waals surface area contributed by atoms with Crippen molar-refractivity contribution in [1.82, 2.24) is 4.90 Å². The van der Waals surface area contributed by atoms with E-state index in [0.717, 1.165) is 30.7 Å². The maximum atomic E-state index is 12.7. The average Bonchev–Trinajstić information content (AvgIpc) is 2.90. The lowest BCUT2D eigenvalue weighted by Gasteiger charge is -2.57. The Kier molecular flexibility index (Phi) is 2.20. The summed E-state index contributed by atoms with van der Waals surface area (Å²) in [4.78, 5) is 15.0. The molecular formula is C18H21NO3. The molecule has 0 N–H and O–H groups in total. The van der Waals surface area contributed by atoms with Crippen LogP contribution in [0.1, 0.15) is 31.8 Å². The van der Waals surface area contributed by atoms with E-state index in [1.165, 1.54) is 5.56 Å². The first-order valence-corrected chi connectivity index (χ1v) is 8.13. The summed E-state index contributed by atoms with van der Waals surface area (Å²) < 4.78 is 21.1. The molecule has 1 spiro atoms. The number of carbonyl (C=O) groups is 1. The molecule has 2 fully saturated rings. The van der Waals surface area contributed by atoms with Crippen LogP contribution in [-0.4, -0.2) is 43.5 Å². The summed E-state index contributed by atoms with van der Waals surface area (Å²) in [6, 6.07) is 4.21. The number of rotatable bonds is 1. The minimum atomic E-state index is -0.650. The van der Waals surface area contributed by atoms with Crippen molar-refractivity contribution in [3.05, 3.63) is 23.3 Å². The maximum absolute atomic E-state index is 12.7. The lowest BCUT2D eigenvalue weighted by atomic mass is 9.52. The molecular weight excluding hydrogens is 278 g/mol. The molecule has 22 heavy (non-hydrogen) atoms. The molecule has 2 aliphatic heterocycles. The van der Waals surface area contributed by atoms with Gasteiger partial charge < -0.3 is 14.4 Å². The number of ketones is 1. The topological polar surface area (TPSA) is 38.8 Å². The fourth-order valence-electron chi connectivity index (χ4n) is 5.31. The molecule has 4 heteroatoms. The lowest BCUT2D eigenvalue weighted by molar-refractivity contribution is -0.138. The van der Waals surface area contributed by atoms with Crippen molar-refractivity contribution in [2.75, 3.05) is 20.7 Å². The summed E-state index contributed by atoms with van der Waals surface area (Å²) in [5, 5.41) is 0. The van der Waals surface area contributed by atoms with Gasteiger partial charge in [0, 0.05) is 24.8 Å². The van der Waals surface area contributed by atoms with Gasteiger partial charge in [0.15, 0.2) is 23.4 Å². The van der Waals surface area contributed by atoms with Crippen molar-refractivity contribution >= 4 is 5.78 Å². The van der Waals surface area contributed by atoms with Crippen molar-refractivity contribution in [1.29, 1.82) is 0 Å². The van der Waals surface area contributed by atoms with Gasteiger partial charge in [-0.15, -0.1) is 0 Å². The number of methoxy groups -OCH3 is 1. The van der Waals surface area contributed by atoms with Gasteiger partial charge in [-0.1, -0.05) is 6.07 Å². The summed E-state index contributed by atoms with van der Waals surface area (Å²) in [7, 11) is 3.75. The minimum Gasteiger partial charge on any atom is -0.493 e. The number of hydrogen-bond donors (Lipinski definition) is 0. The van der Waals surface area contributed by atoms with Crippen LogP contribution in [0.2, 0.25) is 0 Å². The van der Waals surface area contributed by atoms with E-state index in [2.05, 4.69) is 18.0 Å².